The molecular formula is C20H17F2N5O2. The molecule has 0 radical (unpaired) electrons. The molecule has 1 atom stereocenters. The quantitative estimate of drug-likeness (QED) is 0.809. The van der Waals surface area contributed by atoms with Crippen molar-refractivity contribution < 1.29 is 18.3 Å². The van der Waals surface area contributed by atoms with Gasteiger partial charge in [-0.2, -0.15) is 14.0 Å². The Morgan fingerprint density at radius 3 is 2.86 bits per heavy atom. The van der Waals surface area contributed by atoms with Gasteiger partial charge in [-0.15, -0.1) is 0 Å². The maximum atomic E-state index is 14.9. The summed E-state index contributed by atoms with van der Waals surface area (Å²) < 4.78 is 34.6. The number of aryl methyl sites for hydroxylation is 1. The smallest absolute Gasteiger partial charge is 0.310 e. The lowest BCUT2D eigenvalue weighted by Gasteiger charge is -2.43. The lowest BCUT2D eigenvalue weighted by atomic mass is 9.72. The Kier molecular flexibility index (Phi) is 4.42. The minimum absolute atomic E-state index is 0.107. The summed E-state index contributed by atoms with van der Waals surface area (Å²) in [5.74, 6) is -3.75. The Hall–Kier alpha value is -3.54. The van der Waals surface area contributed by atoms with Gasteiger partial charge in [0.15, 0.2) is 12.1 Å². The van der Waals surface area contributed by atoms with Crippen molar-refractivity contribution >= 4 is 17.6 Å². The average molecular weight is 397 g/mol. The van der Waals surface area contributed by atoms with Crippen LogP contribution in [-0.4, -0.2) is 29.4 Å². The van der Waals surface area contributed by atoms with Crippen LogP contribution in [-0.2, 0) is 16.7 Å². The molecule has 1 aromatic carbocycles. The summed E-state index contributed by atoms with van der Waals surface area (Å²) in [5.41, 5.74) is 5.68. The van der Waals surface area contributed by atoms with Crippen molar-refractivity contribution in [3.63, 3.8) is 0 Å². The maximum absolute atomic E-state index is 14.9. The first kappa shape index (κ1) is 18.8. The molecule has 1 aromatic heterocycles. The molecule has 0 fully saturated rings. The number of anilines is 1. The predicted molar refractivity (Wildman–Crippen MR) is 100 cm³/mol. The third kappa shape index (κ3) is 3.16. The molecule has 9 heteroatoms. The number of hydrogen-bond acceptors (Lipinski definition) is 6. The van der Waals surface area contributed by atoms with E-state index in [9.17, 15) is 13.6 Å². The third-order valence-corrected chi connectivity index (χ3v) is 5.23. The standard InChI is InChI=1S/C20H17F2N5O2/c21-20(22)11-29-18(24)27-19(20)7-1-2-13-4-5-14(8-15(13)19)26-17(28)16-6-3-12(9-23)10-25-16/h3-6,8,10H,1-2,7,11H2,(H2,24,27)(H,26,28). The minimum Gasteiger partial charge on any atom is -0.459 e. The highest BCUT2D eigenvalue weighted by atomic mass is 19.3. The van der Waals surface area contributed by atoms with Gasteiger partial charge in [0.1, 0.15) is 11.8 Å². The van der Waals surface area contributed by atoms with Gasteiger partial charge in [0, 0.05) is 11.9 Å². The fourth-order valence-electron chi connectivity index (χ4n) is 3.80. The highest BCUT2D eigenvalue weighted by Crippen LogP contribution is 2.51. The van der Waals surface area contributed by atoms with Crippen LogP contribution in [0.4, 0.5) is 14.5 Å². The second-order valence-electron chi connectivity index (χ2n) is 7.03. The molecule has 1 spiro atoms. The number of halogens is 2. The summed E-state index contributed by atoms with van der Waals surface area (Å²) >= 11 is 0. The van der Waals surface area contributed by atoms with E-state index in [1.165, 1.54) is 24.4 Å². The molecule has 1 amide bonds. The van der Waals surface area contributed by atoms with E-state index in [2.05, 4.69) is 15.3 Å². The Morgan fingerprint density at radius 2 is 2.14 bits per heavy atom. The Morgan fingerprint density at radius 1 is 1.31 bits per heavy atom. The Bertz CT molecular complexity index is 1050. The van der Waals surface area contributed by atoms with Gasteiger partial charge in [0.25, 0.3) is 11.9 Å². The van der Waals surface area contributed by atoms with Gasteiger partial charge in [0.2, 0.25) is 0 Å². The number of nitrogens with one attached hydrogen (secondary N) is 1. The number of nitriles is 1. The van der Waals surface area contributed by atoms with Crippen molar-refractivity contribution in [1.29, 1.82) is 5.26 Å². The van der Waals surface area contributed by atoms with Gasteiger partial charge in [0.05, 0.1) is 5.56 Å². The number of hydrogen-bond donors (Lipinski definition) is 2. The number of nitrogens with two attached hydrogens (primary N) is 1. The summed E-state index contributed by atoms with van der Waals surface area (Å²) in [7, 11) is 0. The van der Waals surface area contributed by atoms with Crippen molar-refractivity contribution in [3.8, 4) is 6.07 Å². The van der Waals surface area contributed by atoms with Crippen LogP contribution >= 0.6 is 0 Å². The fourth-order valence-corrected chi connectivity index (χ4v) is 3.80. The predicted octanol–water partition coefficient (Wildman–Crippen LogP) is 2.72. The molecule has 1 aliphatic heterocycles. The number of pyridine rings is 1. The van der Waals surface area contributed by atoms with Crippen molar-refractivity contribution in [2.24, 2.45) is 10.7 Å². The summed E-state index contributed by atoms with van der Waals surface area (Å²) in [4.78, 5) is 20.4. The zero-order valence-electron chi connectivity index (χ0n) is 15.3. The van der Waals surface area contributed by atoms with Gasteiger partial charge in [-0.3, -0.25) is 4.79 Å². The van der Waals surface area contributed by atoms with Gasteiger partial charge in [-0.1, -0.05) is 6.07 Å². The van der Waals surface area contributed by atoms with Gasteiger partial charge >= 0.3 is 5.92 Å². The topological polar surface area (TPSA) is 113 Å². The molecule has 1 unspecified atom stereocenters. The first-order valence-electron chi connectivity index (χ1n) is 9.01. The van der Waals surface area contributed by atoms with Crippen molar-refractivity contribution in [3.05, 3.63) is 58.9 Å². The third-order valence-electron chi connectivity index (χ3n) is 5.23. The summed E-state index contributed by atoms with van der Waals surface area (Å²) in [6.45, 7) is -0.840. The van der Waals surface area contributed by atoms with Crippen LogP contribution in [0.25, 0.3) is 0 Å². The van der Waals surface area contributed by atoms with E-state index in [1.807, 2.05) is 6.07 Å². The molecule has 4 rings (SSSR count). The number of amidine groups is 1. The van der Waals surface area contributed by atoms with Crippen LogP contribution in [0.3, 0.4) is 0 Å². The second kappa shape index (κ2) is 6.81. The highest BCUT2D eigenvalue weighted by Gasteiger charge is 2.59. The highest BCUT2D eigenvalue weighted by molar-refractivity contribution is 6.03. The van der Waals surface area contributed by atoms with E-state index < -0.39 is 24.0 Å². The number of amides is 1. The van der Waals surface area contributed by atoms with Crippen LogP contribution in [0.2, 0.25) is 0 Å². The van der Waals surface area contributed by atoms with Crippen LogP contribution in [0, 0.1) is 11.3 Å². The maximum Gasteiger partial charge on any atom is 0.310 e. The zero-order chi connectivity index (χ0) is 20.6. The molecule has 7 nitrogen and oxygen atoms in total. The van der Waals surface area contributed by atoms with Gasteiger partial charge in [-0.25, -0.2) is 9.98 Å². The van der Waals surface area contributed by atoms with Crippen molar-refractivity contribution in [2.45, 2.75) is 30.7 Å². The molecular weight excluding hydrogens is 380 g/mol. The largest absolute Gasteiger partial charge is 0.459 e. The summed E-state index contributed by atoms with van der Waals surface area (Å²) in [6.07, 6.45) is 2.59. The number of benzene rings is 1. The normalized spacial score (nSPS) is 22.0. The van der Waals surface area contributed by atoms with Crippen LogP contribution in [0.1, 0.15) is 40.0 Å². The summed E-state index contributed by atoms with van der Waals surface area (Å²) in [6, 6.07) is 9.45. The SMILES string of the molecule is N#Cc1ccc(C(=O)Nc2ccc3c(c2)C2(CCC3)N=C(N)OCC2(F)F)nc1. The van der Waals surface area contributed by atoms with E-state index in [1.54, 1.807) is 12.1 Å². The van der Waals surface area contributed by atoms with Crippen molar-refractivity contribution in [2.75, 3.05) is 11.9 Å². The number of carbonyl (C=O) groups is 1. The Balaban J connectivity index is 1.69. The van der Waals surface area contributed by atoms with Crippen LogP contribution in [0.5, 0.6) is 0 Å². The molecule has 29 heavy (non-hydrogen) atoms. The van der Waals surface area contributed by atoms with E-state index in [0.29, 0.717) is 29.7 Å². The molecule has 3 N–H and O–H groups in total. The minimum atomic E-state index is -3.23. The van der Waals surface area contributed by atoms with E-state index in [0.717, 1.165) is 5.56 Å². The molecule has 1 aliphatic carbocycles. The van der Waals surface area contributed by atoms with Gasteiger partial charge in [-0.05, 0) is 54.7 Å². The first-order valence-corrected chi connectivity index (χ1v) is 9.01. The number of aliphatic imine (C=N–C) groups is 1. The lowest BCUT2D eigenvalue weighted by Crippen LogP contribution is -2.54. The molecule has 148 valence electrons. The van der Waals surface area contributed by atoms with E-state index in [-0.39, 0.29) is 18.1 Å². The van der Waals surface area contributed by atoms with E-state index >= 15 is 0 Å². The molecule has 2 aromatic rings. The number of carbonyl (C=O) groups excluding carboxylic acids is 1. The number of nitrogens with zero attached hydrogens (tertiary/aromatic N) is 3. The number of ether oxygens (including phenoxy) is 1. The van der Waals surface area contributed by atoms with Gasteiger partial charge < -0.3 is 15.8 Å². The molecule has 0 saturated heterocycles. The first-order chi connectivity index (χ1) is 13.8. The lowest BCUT2D eigenvalue weighted by molar-refractivity contribution is -0.127. The summed E-state index contributed by atoms with van der Waals surface area (Å²) in [5, 5.41) is 11.5. The monoisotopic (exact) mass is 397 g/mol. The molecule has 2 heterocycles. The number of alkyl halides is 2. The molecule has 0 bridgehead atoms. The Labute approximate surface area is 165 Å². The second-order valence-corrected chi connectivity index (χ2v) is 7.03. The number of fused-ring (bicyclic) bond motifs is 2. The fraction of sp³-hybridized carbons (Fsp3) is 0.300. The van der Waals surface area contributed by atoms with E-state index in [4.69, 9.17) is 15.7 Å². The zero-order valence-corrected chi connectivity index (χ0v) is 15.3. The average Bonchev–Trinajstić information content (AvgIpc) is 2.72. The van der Waals surface area contributed by atoms with Crippen LogP contribution < -0.4 is 11.1 Å². The number of rotatable bonds is 2. The number of aromatic nitrogens is 1. The van der Waals surface area contributed by atoms with Crippen molar-refractivity contribution in [1.82, 2.24) is 4.98 Å². The van der Waals surface area contributed by atoms with Crippen LogP contribution in [0.15, 0.2) is 41.5 Å². The molecule has 2 aliphatic rings. The molecule has 0 saturated carbocycles.